The van der Waals surface area contributed by atoms with E-state index in [9.17, 15) is 20.1 Å². The van der Waals surface area contributed by atoms with E-state index in [1.807, 2.05) is 0 Å². The van der Waals surface area contributed by atoms with Crippen LogP contribution in [0, 0.1) is 12.3 Å². The molecule has 0 aromatic heterocycles. The summed E-state index contributed by atoms with van der Waals surface area (Å²) < 4.78 is 10.5. The van der Waals surface area contributed by atoms with Crippen LogP contribution in [0.3, 0.4) is 0 Å². The SMILES string of the molecule is C#CCNC(=O)CCCCOC1OC(CO)C(O)C(O)C1O. The van der Waals surface area contributed by atoms with Crippen molar-refractivity contribution in [1.82, 2.24) is 5.32 Å². The number of amides is 1. The zero-order chi connectivity index (χ0) is 16.5. The number of hydrogen-bond donors (Lipinski definition) is 5. The van der Waals surface area contributed by atoms with Crippen molar-refractivity contribution in [2.75, 3.05) is 19.8 Å². The average molecular weight is 317 g/mol. The summed E-state index contributed by atoms with van der Waals surface area (Å²) in [5.41, 5.74) is 0. The summed E-state index contributed by atoms with van der Waals surface area (Å²) >= 11 is 0. The van der Waals surface area contributed by atoms with Crippen molar-refractivity contribution in [3.8, 4) is 12.3 Å². The fourth-order valence-corrected chi connectivity index (χ4v) is 2.03. The molecule has 0 aromatic carbocycles. The molecule has 1 fully saturated rings. The topological polar surface area (TPSA) is 128 Å². The van der Waals surface area contributed by atoms with Gasteiger partial charge in [-0.05, 0) is 12.8 Å². The number of carbonyl (C=O) groups is 1. The molecule has 1 amide bonds. The number of rotatable bonds is 8. The highest BCUT2D eigenvalue weighted by atomic mass is 16.7. The van der Waals surface area contributed by atoms with Gasteiger partial charge in [-0.3, -0.25) is 4.79 Å². The Hall–Kier alpha value is -1.21. The number of nitrogens with one attached hydrogen (secondary N) is 1. The van der Waals surface area contributed by atoms with Gasteiger partial charge in [0.2, 0.25) is 5.91 Å². The maximum Gasteiger partial charge on any atom is 0.220 e. The molecule has 0 aromatic rings. The van der Waals surface area contributed by atoms with Gasteiger partial charge >= 0.3 is 0 Å². The molecule has 126 valence electrons. The number of hydrogen-bond acceptors (Lipinski definition) is 7. The van der Waals surface area contributed by atoms with Crippen molar-refractivity contribution in [2.45, 2.75) is 50.0 Å². The standard InChI is InChI=1S/C14H23NO7/c1-2-6-15-10(17)5-3-4-7-21-14-13(20)12(19)11(18)9(8-16)22-14/h1,9,11-14,16,18-20H,3-8H2,(H,15,17). The molecule has 0 saturated carbocycles. The predicted molar refractivity (Wildman–Crippen MR) is 75.4 cm³/mol. The van der Waals surface area contributed by atoms with E-state index in [0.29, 0.717) is 19.3 Å². The van der Waals surface area contributed by atoms with E-state index in [-0.39, 0.29) is 19.1 Å². The Bertz CT molecular complexity index is 382. The van der Waals surface area contributed by atoms with Gasteiger partial charge in [-0.2, -0.15) is 0 Å². The van der Waals surface area contributed by atoms with Crippen molar-refractivity contribution in [3.63, 3.8) is 0 Å². The first-order valence-corrected chi connectivity index (χ1v) is 7.13. The summed E-state index contributed by atoms with van der Waals surface area (Å²) in [4.78, 5) is 11.3. The third-order valence-corrected chi connectivity index (χ3v) is 3.32. The second-order valence-corrected chi connectivity index (χ2v) is 5.01. The molecule has 5 atom stereocenters. The summed E-state index contributed by atoms with van der Waals surface area (Å²) in [6.45, 7) is -0.106. The Balaban J connectivity index is 2.24. The van der Waals surface area contributed by atoms with Gasteiger partial charge in [0, 0.05) is 13.0 Å². The molecule has 5 N–H and O–H groups in total. The van der Waals surface area contributed by atoms with Crippen LogP contribution >= 0.6 is 0 Å². The van der Waals surface area contributed by atoms with E-state index in [4.69, 9.17) is 21.0 Å². The Morgan fingerprint density at radius 2 is 1.95 bits per heavy atom. The first kappa shape index (κ1) is 18.8. The van der Waals surface area contributed by atoms with Gasteiger partial charge < -0.3 is 35.2 Å². The maximum absolute atomic E-state index is 11.3. The zero-order valence-corrected chi connectivity index (χ0v) is 12.2. The summed E-state index contributed by atoms with van der Waals surface area (Å²) in [5.74, 6) is 2.15. The second-order valence-electron chi connectivity index (χ2n) is 5.01. The third-order valence-electron chi connectivity index (χ3n) is 3.32. The normalized spacial score (nSPS) is 31.5. The molecule has 1 aliphatic heterocycles. The molecule has 0 bridgehead atoms. The molecule has 1 heterocycles. The average Bonchev–Trinajstić information content (AvgIpc) is 2.52. The number of carbonyl (C=O) groups excluding carboxylic acids is 1. The molecule has 1 saturated heterocycles. The van der Waals surface area contributed by atoms with E-state index in [2.05, 4.69) is 11.2 Å². The lowest BCUT2D eigenvalue weighted by Gasteiger charge is -2.39. The molecule has 1 rings (SSSR count). The molecule has 22 heavy (non-hydrogen) atoms. The minimum atomic E-state index is -1.45. The first-order valence-electron chi connectivity index (χ1n) is 7.13. The van der Waals surface area contributed by atoms with Crippen molar-refractivity contribution < 1.29 is 34.7 Å². The van der Waals surface area contributed by atoms with Crippen LogP contribution in [0.2, 0.25) is 0 Å². The number of terminal acetylenes is 1. The van der Waals surface area contributed by atoms with Crippen LogP contribution in [0.15, 0.2) is 0 Å². The largest absolute Gasteiger partial charge is 0.394 e. The van der Waals surface area contributed by atoms with Crippen LogP contribution in [-0.2, 0) is 14.3 Å². The van der Waals surface area contributed by atoms with Gasteiger partial charge in [0.1, 0.15) is 24.4 Å². The maximum atomic E-state index is 11.3. The van der Waals surface area contributed by atoms with Crippen molar-refractivity contribution in [2.24, 2.45) is 0 Å². The molecule has 8 heteroatoms. The minimum absolute atomic E-state index is 0.147. The Labute approximate surface area is 129 Å². The van der Waals surface area contributed by atoms with E-state index in [1.54, 1.807) is 0 Å². The van der Waals surface area contributed by atoms with E-state index >= 15 is 0 Å². The first-order chi connectivity index (χ1) is 10.5. The summed E-state index contributed by atoms with van der Waals surface area (Å²) in [6.07, 6.45) is 0.0391. The van der Waals surface area contributed by atoms with E-state index in [0.717, 1.165) is 0 Å². The monoisotopic (exact) mass is 317 g/mol. The lowest BCUT2D eigenvalue weighted by molar-refractivity contribution is -0.301. The highest BCUT2D eigenvalue weighted by Gasteiger charge is 2.43. The van der Waals surface area contributed by atoms with Crippen LogP contribution in [-0.4, -0.2) is 76.8 Å². The van der Waals surface area contributed by atoms with Crippen LogP contribution in [0.5, 0.6) is 0 Å². The highest BCUT2D eigenvalue weighted by Crippen LogP contribution is 2.22. The summed E-state index contributed by atoms with van der Waals surface area (Å²) in [7, 11) is 0. The number of ether oxygens (including phenoxy) is 2. The van der Waals surface area contributed by atoms with E-state index < -0.39 is 37.3 Å². The lowest BCUT2D eigenvalue weighted by Crippen LogP contribution is -2.59. The molecule has 1 aliphatic rings. The van der Waals surface area contributed by atoms with Gasteiger partial charge in [-0.1, -0.05) is 5.92 Å². The number of aliphatic hydroxyl groups excluding tert-OH is 4. The van der Waals surface area contributed by atoms with Gasteiger partial charge in [-0.25, -0.2) is 0 Å². The van der Waals surface area contributed by atoms with Crippen molar-refractivity contribution >= 4 is 5.91 Å². The van der Waals surface area contributed by atoms with E-state index in [1.165, 1.54) is 0 Å². The second kappa shape index (κ2) is 9.74. The molecule has 0 aliphatic carbocycles. The number of aliphatic hydroxyl groups is 4. The molecule has 0 spiro atoms. The summed E-state index contributed by atoms with van der Waals surface area (Å²) in [6, 6.07) is 0. The van der Waals surface area contributed by atoms with Gasteiger partial charge in [0.05, 0.1) is 13.2 Å². The quantitative estimate of drug-likeness (QED) is 0.252. The van der Waals surface area contributed by atoms with Crippen LogP contribution in [0.25, 0.3) is 0 Å². The molecule has 5 unspecified atom stereocenters. The molecule has 8 nitrogen and oxygen atoms in total. The smallest absolute Gasteiger partial charge is 0.220 e. The highest BCUT2D eigenvalue weighted by molar-refractivity contribution is 5.76. The molecular weight excluding hydrogens is 294 g/mol. The van der Waals surface area contributed by atoms with Gasteiger partial charge in [0.15, 0.2) is 6.29 Å². The Kier molecular flexibility index (Phi) is 8.34. The summed E-state index contributed by atoms with van der Waals surface area (Å²) in [5, 5.41) is 40.5. The minimum Gasteiger partial charge on any atom is -0.394 e. The number of unbranched alkanes of at least 4 members (excludes halogenated alkanes) is 1. The fourth-order valence-electron chi connectivity index (χ4n) is 2.03. The van der Waals surface area contributed by atoms with Gasteiger partial charge in [-0.15, -0.1) is 6.42 Å². The molecule has 0 radical (unpaired) electrons. The van der Waals surface area contributed by atoms with Crippen LogP contribution < -0.4 is 5.32 Å². The third kappa shape index (κ3) is 5.53. The predicted octanol–water partition coefficient (Wildman–Crippen LogP) is -2.28. The lowest BCUT2D eigenvalue weighted by atomic mass is 9.99. The van der Waals surface area contributed by atoms with Gasteiger partial charge in [0.25, 0.3) is 0 Å². The Morgan fingerprint density at radius 1 is 1.23 bits per heavy atom. The fraction of sp³-hybridized carbons (Fsp3) is 0.786. The van der Waals surface area contributed by atoms with Crippen molar-refractivity contribution in [1.29, 1.82) is 0 Å². The van der Waals surface area contributed by atoms with Crippen LogP contribution in [0.1, 0.15) is 19.3 Å². The Morgan fingerprint density at radius 3 is 2.59 bits per heavy atom. The molecular formula is C14H23NO7. The van der Waals surface area contributed by atoms with Crippen LogP contribution in [0.4, 0.5) is 0 Å². The zero-order valence-electron chi connectivity index (χ0n) is 12.2. The van der Waals surface area contributed by atoms with Crippen molar-refractivity contribution in [3.05, 3.63) is 0 Å².